The van der Waals surface area contributed by atoms with Crippen molar-refractivity contribution in [3.05, 3.63) is 47.5 Å². The van der Waals surface area contributed by atoms with Crippen LogP contribution < -0.4 is 0 Å². The van der Waals surface area contributed by atoms with Crippen molar-refractivity contribution in [1.82, 2.24) is 0 Å². The van der Waals surface area contributed by atoms with Gasteiger partial charge in [-0.3, -0.25) is 0 Å². The molecule has 0 saturated carbocycles. The Morgan fingerprint density at radius 3 is 1.02 bits per heavy atom. The zero-order valence-corrected chi connectivity index (χ0v) is 28.9. The van der Waals surface area contributed by atoms with E-state index < -0.39 is 0 Å². The zero-order chi connectivity index (χ0) is 31.8. The predicted octanol–water partition coefficient (Wildman–Crippen LogP) is 12.7. The summed E-state index contributed by atoms with van der Waals surface area (Å²) >= 11 is 0. The van der Waals surface area contributed by atoms with Crippen molar-refractivity contribution in [3.8, 4) is 0 Å². The molecule has 0 fully saturated rings. The van der Waals surface area contributed by atoms with Crippen molar-refractivity contribution in [2.75, 3.05) is 13.2 Å². The topological polar surface area (TPSA) is 52.6 Å². The van der Waals surface area contributed by atoms with Gasteiger partial charge in [-0.25, -0.2) is 9.59 Å². The average molecular weight is 613 g/mol. The summed E-state index contributed by atoms with van der Waals surface area (Å²) in [6.45, 7) is 5.43. The average Bonchev–Trinajstić information content (AvgIpc) is 3.04. The Labute approximate surface area is 272 Å². The van der Waals surface area contributed by atoms with Crippen LogP contribution in [-0.4, -0.2) is 25.2 Å². The molecule has 4 nitrogen and oxygen atoms in total. The molecule has 0 aliphatic rings. The molecular formula is C40H68O4. The van der Waals surface area contributed by atoms with Crippen LogP contribution in [-0.2, 0) is 9.47 Å². The van der Waals surface area contributed by atoms with E-state index in [1.807, 2.05) is 0 Å². The number of ether oxygens (including phenoxy) is 2. The number of hydrogen-bond acceptors (Lipinski definition) is 4. The lowest BCUT2D eigenvalue weighted by Crippen LogP contribution is -2.09. The molecule has 0 amide bonds. The molecule has 0 bridgehead atoms. The molecule has 4 heteroatoms. The van der Waals surface area contributed by atoms with Crippen LogP contribution in [0, 0.1) is 0 Å². The minimum atomic E-state index is -0.325. The van der Waals surface area contributed by atoms with E-state index in [9.17, 15) is 9.59 Å². The fourth-order valence-corrected chi connectivity index (χ4v) is 5.53. The smallest absolute Gasteiger partial charge is 0.338 e. The molecule has 0 radical (unpaired) electrons. The highest BCUT2D eigenvalue weighted by Crippen LogP contribution is 2.14. The highest BCUT2D eigenvalue weighted by atomic mass is 16.5. The summed E-state index contributed by atoms with van der Waals surface area (Å²) in [7, 11) is 0. The largest absolute Gasteiger partial charge is 0.462 e. The van der Waals surface area contributed by atoms with Gasteiger partial charge in [0.2, 0.25) is 0 Å². The fourth-order valence-electron chi connectivity index (χ4n) is 5.53. The van der Waals surface area contributed by atoms with Crippen molar-refractivity contribution in [1.29, 1.82) is 0 Å². The first-order valence-corrected chi connectivity index (χ1v) is 18.8. The molecule has 44 heavy (non-hydrogen) atoms. The van der Waals surface area contributed by atoms with Crippen LogP contribution in [0.3, 0.4) is 0 Å². The third-order valence-corrected chi connectivity index (χ3v) is 8.48. The van der Waals surface area contributed by atoms with Crippen LogP contribution in [0.1, 0.15) is 202 Å². The van der Waals surface area contributed by atoms with Gasteiger partial charge >= 0.3 is 11.9 Å². The van der Waals surface area contributed by atoms with Crippen molar-refractivity contribution < 1.29 is 19.1 Å². The lowest BCUT2D eigenvalue weighted by molar-refractivity contribution is 0.0483. The molecule has 0 saturated heterocycles. The van der Waals surface area contributed by atoms with Gasteiger partial charge in [0.25, 0.3) is 0 Å². The first-order chi connectivity index (χ1) is 21.7. The Morgan fingerprint density at radius 1 is 0.432 bits per heavy atom. The van der Waals surface area contributed by atoms with Gasteiger partial charge in [-0.2, -0.15) is 0 Å². The summed E-state index contributed by atoms with van der Waals surface area (Å²) < 4.78 is 10.9. The summed E-state index contributed by atoms with van der Waals surface area (Å²) in [4.78, 5) is 24.7. The van der Waals surface area contributed by atoms with E-state index in [0.29, 0.717) is 24.3 Å². The minimum absolute atomic E-state index is 0.322. The number of esters is 2. The molecule has 0 N–H and O–H groups in total. The van der Waals surface area contributed by atoms with Crippen molar-refractivity contribution in [2.45, 2.75) is 181 Å². The fraction of sp³-hybridized carbons (Fsp3) is 0.750. The van der Waals surface area contributed by atoms with E-state index in [1.165, 1.54) is 141 Å². The SMILES string of the molecule is CCCCCCCCC=CCCCCCCCCOC(=O)c1ccc(C(=O)OCCCCCCCCCCCCCC)cc1. The third-order valence-electron chi connectivity index (χ3n) is 8.48. The second-order valence-electron chi connectivity index (χ2n) is 12.7. The van der Waals surface area contributed by atoms with E-state index in [1.54, 1.807) is 24.3 Å². The molecular weight excluding hydrogens is 544 g/mol. The first kappa shape index (κ1) is 39.9. The van der Waals surface area contributed by atoms with Gasteiger partial charge in [0.15, 0.2) is 0 Å². The highest BCUT2D eigenvalue weighted by Gasteiger charge is 2.11. The molecule has 1 rings (SSSR count). The number of hydrogen-bond donors (Lipinski definition) is 0. The van der Waals surface area contributed by atoms with E-state index in [-0.39, 0.29) is 11.9 Å². The Balaban J connectivity index is 1.96. The molecule has 0 aromatic heterocycles. The van der Waals surface area contributed by atoms with Gasteiger partial charge in [0.05, 0.1) is 24.3 Å². The number of carbonyl (C=O) groups excluding carboxylic acids is 2. The Hall–Kier alpha value is -2.10. The number of unbranched alkanes of at least 4 members (excludes halogenated alkanes) is 23. The summed E-state index contributed by atoms with van der Waals surface area (Å²) in [5.41, 5.74) is 0.959. The second kappa shape index (κ2) is 30.9. The van der Waals surface area contributed by atoms with Gasteiger partial charge < -0.3 is 9.47 Å². The summed E-state index contributed by atoms with van der Waals surface area (Å²) in [6.07, 6.45) is 37.7. The standard InChI is InChI=1S/C40H68O4/c1-3-5-7-9-11-13-15-17-18-19-20-22-24-26-28-30-36-44-40(42)38-33-31-37(32-34-38)39(41)43-35-29-27-25-23-21-16-14-12-10-8-6-4-2/h17-18,31-34H,3-16,19-30,35-36H2,1-2H3. The maximum Gasteiger partial charge on any atom is 0.338 e. The molecule has 0 unspecified atom stereocenters. The molecule has 0 aliphatic carbocycles. The summed E-state index contributed by atoms with van der Waals surface area (Å²) in [5, 5.41) is 0. The van der Waals surface area contributed by atoms with Gasteiger partial charge in [-0.1, -0.05) is 154 Å². The van der Waals surface area contributed by atoms with Crippen molar-refractivity contribution in [2.24, 2.45) is 0 Å². The number of benzene rings is 1. The molecule has 0 heterocycles. The van der Waals surface area contributed by atoms with Gasteiger partial charge in [0.1, 0.15) is 0 Å². The van der Waals surface area contributed by atoms with Gasteiger partial charge in [0, 0.05) is 0 Å². The Kier molecular flexibility index (Phi) is 28.0. The Bertz CT molecular complexity index is 813. The quantitative estimate of drug-likeness (QED) is 0.0475. The van der Waals surface area contributed by atoms with Crippen molar-refractivity contribution in [3.63, 3.8) is 0 Å². The normalized spacial score (nSPS) is 11.3. The first-order valence-electron chi connectivity index (χ1n) is 18.8. The van der Waals surface area contributed by atoms with Crippen LogP contribution in [0.4, 0.5) is 0 Å². The van der Waals surface area contributed by atoms with Crippen LogP contribution in [0.15, 0.2) is 36.4 Å². The number of carbonyl (C=O) groups is 2. The molecule has 1 aromatic carbocycles. The van der Waals surface area contributed by atoms with Crippen LogP contribution >= 0.6 is 0 Å². The maximum absolute atomic E-state index is 12.4. The predicted molar refractivity (Wildman–Crippen MR) is 188 cm³/mol. The van der Waals surface area contributed by atoms with Crippen LogP contribution in [0.5, 0.6) is 0 Å². The van der Waals surface area contributed by atoms with Gasteiger partial charge in [-0.05, 0) is 62.8 Å². The van der Waals surface area contributed by atoms with Gasteiger partial charge in [-0.15, -0.1) is 0 Å². The Morgan fingerprint density at radius 2 is 0.705 bits per heavy atom. The maximum atomic E-state index is 12.4. The monoisotopic (exact) mass is 613 g/mol. The third kappa shape index (κ3) is 24.2. The number of rotatable bonds is 31. The molecule has 0 aliphatic heterocycles. The van der Waals surface area contributed by atoms with E-state index in [4.69, 9.17) is 9.47 Å². The number of allylic oxidation sites excluding steroid dienone is 2. The lowest BCUT2D eigenvalue weighted by Gasteiger charge is -2.07. The van der Waals surface area contributed by atoms with E-state index >= 15 is 0 Å². The van der Waals surface area contributed by atoms with Crippen LogP contribution in [0.25, 0.3) is 0 Å². The minimum Gasteiger partial charge on any atom is -0.462 e. The van der Waals surface area contributed by atoms with Crippen molar-refractivity contribution >= 4 is 11.9 Å². The highest BCUT2D eigenvalue weighted by molar-refractivity contribution is 5.93. The molecule has 1 aromatic rings. The van der Waals surface area contributed by atoms with E-state index in [0.717, 1.165) is 25.7 Å². The summed E-state index contributed by atoms with van der Waals surface area (Å²) in [6, 6.07) is 6.63. The summed E-state index contributed by atoms with van der Waals surface area (Å²) in [5.74, 6) is -0.647. The lowest BCUT2D eigenvalue weighted by atomic mass is 10.1. The second-order valence-corrected chi connectivity index (χ2v) is 12.7. The van der Waals surface area contributed by atoms with Crippen LogP contribution in [0.2, 0.25) is 0 Å². The zero-order valence-electron chi connectivity index (χ0n) is 28.9. The molecule has 0 spiro atoms. The molecule has 0 atom stereocenters. The molecule has 252 valence electrons. The van der Waals surface area contributed by atoms with E-state index in [2.05, 4.69) is 26.0 Å².